The lowest BCUT2D eigenvalue weighted by molar-refractivity contribution is 0.358. The van der Waals surface area contributed by atoms with E-state index in [-0.39, 0.29) is 6.54 Å². The van der Waals surface area contributed by atoms with Gasteiger partial charge in [0.2, 0.25) is 7.37 Å². The summed E-state index contributed by atoms with van der Waals surface area (Å²) in [6.45, 7) is 2.55. The zero-order valence-corrected chi connectivity index (χ0v) is 12.8. The highest BCUT2D eigenvalue weighted by Crippen LogP contribution is 2.60. The van der Waals surface area contributed by atoms with E-state index in [1.165, 1.54) is 10.9 Å². The fourth-order valence-corrected chi connectivity index (χ4v) is 5.26. The van der Waals surface area contributed by atoms with Crippen molar-refractivity contribution in [3.8, 4) is 0 Å². The molecule has 2 rings (SSSR count). The van der Waals surface area contributed by atoms with Crippen molar-refractivity contribution in [3.63, 3.8) is 0 Å². The molecule has 2 aromatic rings. The van der Waals surface area contributed by atoms with E-state index >= 15 is 0 Å². The van der Waals surface area contributed by atoms with E-state index in [1.807, 2.05) is 19.1 Å². The van der Waals surface area contributed by atoms with Crippen molar-refractivity contribution < 1.29 is 23.8 Å². The molecule has 0 aliphatic heterocycles. The molecular weight excluding hydrogens is 302 g/mol. The minimum atomic E-state index is -4.69. The van der Waals surface area contributed by atoms with Gasteiger partial charge in [0.25, 0.3) is 0 Å². The maximum Gasteiger partial charge on any atom is 0.340 e. The number of hydrogen-bond donors (Lipinski definition) is 3. The summed E-state index contributed by atoms with van der Waals surface area (Å²) in [5, 5.41) is -1.63. The average molecular weight is 318 g/mol. The molecule has 0 saturated carbocycles. The number of fused-ring (bicyclic) bond motifs is 1. The molecule has 0 bridgehead atoms. The summed E-state index contributed by atoms with van der Waals surface area (Å²) >= 11 is 0. The third kappa shape index (κ3) is 3.03. The molecule has 9 heteroatoms. The lowest BCUT2D eigenvalue weighted by Gasteiger charge is -2.22. The maximum absolute atomic E-state index is 11.7. The van der Waals surface area contributed by atoms with Crippen LogP contribution in [0.15, 0.2) is 24.5 Å². The standard InChI is InChI=1S/C11H16N2O5P2/c1-8-4-3-5-9-11(8)13(7-12-9)6-10(19(2,14)15)20(16,17)18/h3-5,7,10H,6H2,1-2H3,(H,14,15)(H2,16,17,18). The highest BCUT2D eigenvalue weighted by Gasteiger charge is 2.41. The zero-order valence-electron chi connectivity index (χ0n) is 11.0. The Bertz CT molecular complexity index is 707. The Balaban J connectivity index is 2.50. The molecule has 0 aliphatic carbocycles. The number of aryl methyl sites for hydroxylation is 1. The van der Waals surface area contributed by atoms with Crippen LogP contribution in [0.1, 0.15) is 5.56 Å². The molecule has 0 aliphatic rings. The van der Waals surface area contributed by atoms with Gasteiger partial charge in [-0.2, -0.15) is 0 Å². The first-order valence-corrected chi connectivity index (χ1v) is 9.72. The first kappa shape index (κ1) is 15.4. The second kappa shape index (κ2) is 5.10. The zero-order chi connectivity index (χ0) is 15.1. The van der Waals surface area contributed by atoms with Crippen LogP contribution in [0.25, 0.3) is 11.0 Å². The highest BCUT2D eigenvalue weighted by molar-refractivity contribution is 7.73. The first-order valence-electron chi connectivity index (χ1n) is 5.86. The summed E-state index contributed by atoms with van der Waals surface area (Å²) in [6, 6.07) is 5.44. The van der Waals surface area contributed by atoms with Gasteiger partial charge in [-0.1, -0.05) is 12.1 Å². The largest absolute Gasteiger partial charge is 0.344 e. The van der Waals surface area contributed by atoms with Crippen LogP contribution in [0.3, 0.4) is 0 Å². The Morgan fingerprint density at radius 2 is 1.95 bits per heavy atom. The summed E-state index contributed by atoms with van der Waals surface area (Å²) in [5.41, 5.74) is 2.27. The lowest BCUT2D eigenvalue weighted by Crippen LogP contribution is -2.16. The van der Waals surface area contributed by atoms with E-state index in [1.54, 1.807) is 6.07 Å². The number of aromatic nitrogens is 2. The van der Waals surface area contributed by atoms with E-state index in [0.717, 1.165) is 12.2 Å². The average Bonchev–Trinajstić information content (AvgIpc) is 2.67. The molecule has 1 aromatic heterocycles. The SMILES string of the molecule is Cc1cccc2ncn(CC(P(C)(=O)O)P(=O)(O)O)c12. The molecule has 110 valence electrons. The molecule has 1 heterocycles. The number of nitrogens with zero attached hydrogens (tertiary/aromatic N) is 2. The van der Waals surface area contributed by atoms with Crippen molar-refractivity contribution in [2.24, 2.45) is 0 Å². The predicted molar refractivity (Wildman–Crippen MR) is 76.1 cm³/mol. The normalized spacial score (nSPS) is 17.1. The molecule has 20 heavy (non-hydrogen) atoms. The second-order valence-corrected chi connectivity index (χ2v) is 9.57. The van der Waals surface area contributed by atoms with Crippen molar-refractivity contribution >= 4 is 26.0 Å². The van der Waals surface area contributed by atoms with Crippen molar-refractivity contribution in [2.45, 2.75) is 18.9 Å². The fourth-order valence-electron chi connectivity index (χ4n) is 2.16. The maximum atomic E-state index is 11.7. The number of para-hydroxylation sites is 1. The first-order chi connectivity index (χ1) is 9.10. The third-order valence-corrected chi connectivity index (χ3v) is 7.54. The summed E-state index contributed by atoms with van der Waals surface area (Å²) in [6.07, 6.45) is 1.43. The molecule has 0 saturated heterocycles. The van der Waals surface area contributed by atoms with Gasteiger partial charge in [-0.15, -0.1) is 0 Å². The van der Waals surface area contributed by atoms with Gasteiger partial charge >= 0.3 is 7.60 Å². The number of imidazole rings is 1. The lowest BCUT2D eigenvalue weighted by atomic mass is 10.2. The molecule has 1 aromatic carbocycles. The summed E-state index contributed by atoms with van der Waals surface area (Å²) in [4.78, 5) is 32.3. The van der Waals surface area contributed by atoms with Crippen LogP contribution in [0.5, 0.6) is 0 Å². The van der Waals surface area contributed by atoms with E-state index < -0.39 is 20.4 Å². The Labute approximate surface area is 115 Å². The van der Waals surface area contributed by atoms with Gasteiger partial charge in [0.05, 0.1) is 17.4 Å². The highest BCUT2D eigenvalue weighted by atomic mass is 31.2. The Morgan fingerprint density at radius 3 is 2.50 bits per heavy atom. The topological polar surface area (TPSA) is 113 Å². The van der Waals surface area contributed by atoms with Crippen LogP contribution in [-0.4, -0.2) is 36.3 Å². The van der Waals surface area contributed by atoms with Crippen molar-refractivity contribution in [2.75, 3.05) is 6.66 Å². The molecule has 0 amide bonds. The van der Waals surface area contributed by atoms with Crippen LogP contribution in [0, 0.1) is 6.92 Å². The van der Waals surface area contributed by atoms with Crippen LogP contribution in [0.4, 0.5) is 0 Å². The number of hydrogen-bond acceptors (Lipinski definition) is 3. The third-order valence-electron chi connectivity index (χ3n) is 3.14. The van der Waals surface area contributed by atoms with E-state index in [2.05, 4.69) is 4.98 Å². The monoisotopic (exact) mass is 318 g/mol. The number of rotatable bonds is 4. The van der Waals surface area contributed by atoms with Crippen molar-refractivity contribution in [3.05, 3.63) is 30.1 Å². The molecule has 0 radical (unpaired) electrons. The minimum absolute atomic E-state index is 0.254. The Kier molecular flexibility index (Phi) is 3.93. The van der Waals surface area contributed by atoms with Crippen LogP contribution >= 0.6 is 15.0 Å². The van der Waals surface area contributed by atoms with Crippen molar-refractivity contribution in [1.29, 1.82) is 0 Å². The smallest absolute Gasteiger partial charge is 0.340 e. The van der Waals surface area contributed by atoms with Gasteiger partial charge in [-0.25, -0.2) is 4.98 Å². The molecule has 2 atom stereocenters. The molecule has 0 fully saturated rings. The molecule has 0 spiro atoms. The predicted octanol–water partition coefficient (Wildman–Crippen LogP) is 1.75. The number of benzene rings is 1. The van der Waals surface area contributed by atoms with E-state index in [0.29, 0.717) is 11.0 Å². The van der Waals surface area contributed by atoms with Crippen LogP contribution < -0.4 is 0 Å². The van der Waals surface area contributed by atoms with Crippen LogP contribution in [-0.2, 0) is 15.7 Å². The molecular formula is C11H16N2O5P2. The van der Waals surface area contributed by atoms with E-state index in [4.69, 9.17) is 0 Å². The summed E-state index contributed by atoms with van der Waals surface area (Å²) in [7, 11) is -8.64. The van der Waals surface area contributed by atoms with Gasteiger partial charge in [0.15, 0.2) is 5.40 Å². The van der Waals surface area contributed by atoms with Gasteiger partial charge in [0.1, 0.15) is 0 Å². The molecule has 7 nitrogen and oxygen atoms in total. The van der Waals surface area contributed by atoms with Gasteiger partial charge in [-0.05, 0) is 18.6 Å². The Morgan fingerprint density at radius 1 is 1.30 bits per heavy atom. The molecule has 2 unspecified atom stereocenters. The summed E-state index contributed by atoms with van der Waals surface area (Å²) in [5.74, 6) is 0. The Hall–Kier alpha value is -0.970. The molecule has 3 N–H and O–H groups in total. The van der Waals surface area contributed by atoms with Gasteiger partial charge in [0, 0.05) is 13.2 Å². The van der Waals surface area contributed by atoms with E-state index in [9.17, 15) is 23.8 Å². The van der Waals surface area contributed by atoms with Crippen LogP contribution in [0.2, 0.25) is 0 Å². The van der Waals surface area contributed by atoms with Gasteiger partial charge < -0.3 is 19.2 Å². The fraction of sp³-hybridized carbons (Fsp3) is 0.364. The van der Waals surface area contributed by atoms with Gasteiger partial charge in [-0.3, -0.25) is 9.13 Å². The quantitative estimate of drug-likeness (QED) is 0.740. The summed E-state index contributed by atoms with van der Waals surface area (Å²) < 4.78 is 24.7. The van der Waals surface area contributed by atoms with Crippen molar-refractivity contribution in [1.82, 2.24) is 9.55 Å². The minimum Gasteiger partial charge on any atom is -0.344 e. The second-order valence-electron chi connectivity index (χ2n) is 4.85.